The van der Waals surface area contributed by atoms with Crippen LogP contribution in [0.5, 0.6) is 0 Å². The van der Waals surface area contributed by atoms with Gasteiger partial charge in [0.05, 0.1) is 11.8 Å². The van der Waals surface area contributed by atoms with Crippen LogP contribution in [0.1, 0.15) is 31.7 Å². The van der Waals surface area contributed by atoms with Crippen molar-refractivity contribution >= 4 is 17.6 Å². The van der Waals surface area contributed by atoms with E-state index in [1.54, 1.807) is 0 Å². The number of carbonyl (C=O) groups excluding carboxylic acids is 1. The Labute approximate surface area is 124 Å². The summed E-state index contributed by atoms with van der Waals surface area (Å²) >= 11 is 0. The van der Waals surface area contributed by atoms with Gasteiger partial charge >= 0.3 is 5.97 Å². The maximum absolute atomic E-state index is 12.5. The molecular formula is C17H21NO3. The predicted octanol–water partition coefficient (Wildman–Crippen LogP) is 2.93. The number of hydrogen-bond acceptors (Lipinski definition) is 2. The summed E-state index contributed by atoms with van der Waals surface area (Å²) in [6.07, 6.45) is 3.75. The van der Waals surface area contributed by atoms with Gasteiger partial charge in [-0.1, -0.05) is 19.1 Å². The van der Waals surface area contributed by atoms with E-state index in [1.807, 2.05) is 24.3 Å². The van der Waals surface area contributed by atoms with Crippen molar-refractivity contribution < 1.29 is 14.7 Å². The number of amides is 1. The fourth-order valence-corrected chi connectivity index (χ4v) is 4.12. The second-order valence-corrected chi connectivity index (χ2v) is 6.27. The van der Waals surface area contributed by atoms with Crippen LogP contribution in [0.2, 0.25) is 0 Å². The van der Waals surface area contributed by atoms with Crippen LogP contribution in [0.25, 0.3) is 0 Å². The van der Waals surface area contributed by atoms with Crippen molar-refractivity contribution in [1.29, 1.82) is 0 Å². The SMILES string of the molecule is CCc1cccc(NC(=O)[C@H]2[C@H]3CC[C@@H](C3)[C@@H]2C(=O)O)c1. The largest absolute Gasteiger partial charge is 0.481 e. The Bertz CT molecular complexity index is 569. The molecule has 21 heavy (non-hydrogen) atoms. The third kappa shape index (κ3) is 2.55. The van der Waals surface area contributed by atoms with E-state index in [2.05, 4.69) is 12.2 Å². The summed E-state index contributed by atoms with van der Waals surface area (Å²) in [6.45, 7) is 2.07. The molecule has 0 saturated heterocycles. The number of fused-ring (bicyclic) bond motifs is 2. The molecule has 0 aromatic heterocycles. The summed E-state index contributed by atoms with van der Waals surface area (Å²) in [5.74, 6) is -1.38. The molecule has 0 radical (unpaired) electrons. The third-order valence-electron chi connectivity index (χ3n) is 5.11. The van der Waals surface area contributed by atoms with E-state index < -0.39 is 11.9 Å². The molecular weight excluding hydrogens is 266 g/mol. The number of carbonyl (C=O) groups is 2. The number of anilines is 1. The van der Waals surface area contributed by atoms with Crippen LogP contribution in [-0.2, 0) is 16.0 Å². The van der Waals surface area contributed by atoms with Crippen molar-refractivity contribution in [3.05, 3.63) is 29.8 Å². The minimum Gasteiger partial charge on any atom is -0.481 e. The summed E-state index contributed by atoms with van der Waals surface area (Å²) < 4.78 is 0. The Hall–Kier alpha value is -1.84. The van der Waals surface area contributed by atoms with Crippen molar-refractivity contribution in [2.45, 2.75) is 32.6 Å². The van der Waals surface area contributed by atoms with E-state index in [9.17, 15) is 14.7 Å². The van der Waals surface area contributed by atoms with Gasteiger partial charge in [0.1, 0.15) is 0 Å². The maximum atomic E-state index is 12.5. The van der Waals surface area contributed by atoms with Crippen molar-refractivity contribution in [3.8, 4) is 0 Å². The lowest BCUT2D eigenvalue weighted by atomic mass is 9.78. The van der Waals surface area contributed by atoms with Crippen LogP contribution < -0.4 is 5.32 Å². The molecule has 1 amide bonds. The highest BCUT2D eigenvalue weighted by molar-refractivity contribution is 5.96. The van der Waals surface area contributed by atoms with E-state index in [0.29, 0.717) is 0 Å². The third-order valence-corrected chi connectivity index (χ3v) is 5.11. The highest BCUT2D eigenvalue weighted by atomic mass is 16.4. The summed E-state index contributed by atoms with van der Waals surface area (Å²) in [6, 6.07) is 7.76. The van der Waals surface area contributed by atoms with Gasteiger partial charge in [-0.15, -0.1) is 0 Å². The number of carboxylic acids is 1. The summed E-state index contributed by atoms with van der Waals surface area (Å²) in [4.78, 5) is 24.0. The average molecular weight is 287 g/mol. The van der Waals surface area contributed by atoms with Gasteiger partial charge in [0, 0.05) is 5.69 Å². The Kier molecular flexibility index (Phi) is 3.70. The molecule has 4 nitrogen and oxygen atoms in total. The number of rotatable bonds is 4. The Morgan fingerprint density at radius 3 is 2.62 bits per heavy atom. The molecule has 2 N–H and O–H groups in total. The van der Waals surface area contributed by atoms with Gasteiger partial charge in [-0.05, 0) is 55.2 Å². The lowest BCUT2D eigenvalue weighted by Gasteiger charge is -2.27. The van der Waals surface area contributed by atoms with Crippen LogP contribution in [0, 0.1) is 23.7 Å². The van der Waals surface area contributed by atoms with Gasteiger partial charge in [-0.3, -0.25) is 9.59 Å². The fourth-order valence-electron chi connectivity index (χ4n) is 4.12. The molecule has 4 atom stereocenters. The standard InChI is InChI=1S/C17H21NO3/c1-2-10-4-3-5-13(8-10)18-16(19)14-11-6-7-12(9-11)15(14)17(20)21/h3-5,8,11-12,14-15H,2,6-7,9H2,1H3,(H,18,19)(H,20,21)/t11-,12-,14-,15-/m0/s1. The molecule has 0 aliphatic heterocycles. The average Bonchev–Trinajstić information content (AvgIpc) is 3.07. The second kappa shape index (κ2) is 5.51. The molecule has 2 bridgehead atoms. The maximum Gasteiger partial charge on any atom is 0.307 e. The first kappa shape index (κ1) is 14.1. The van der Waals surface area contributed by atoms with Crippen molar-refractivity contribution in [2.24, 2.45) is 23.7 Å². The zero-order valence-electron chi connectivity index (χ0n) is 12.2. The quantitative estimate of drug-likeness (QED) is 0.894. The smallest absolute Gasteiger partial charge is 0.307 e. The van der Waals surface area contributed by atoms with Crippen LogP contribution in [0.3, 0.4) is 0 Å². The first-order valence-electron chi connectivity index (χ1n) is 7.72. The number of nitrogens with one attached hydrogen (secondary N) is 1. The normalized spacial score (nSPS) is 30.3. The van der Waals surface area contributed by atoms with Crippen LogP contribution in [-0.4, -0.2) is 17.0 Å². The van der Waals surface area contributed by atoms with Gasteiger partial charge in [-0.25, -0.2) is 0 Å². The molecule has 2 saturated carbocycles. The lowest BCUT2D eigenvalue weighted by Crippen LogP contribution is -2.37. The molecule has 1 aromatic carbocycles. The molecule has 4 heteroatoms. The molecule has 112 valence electrons. The van der Waals surface area contributed by atoms with E-state index in [1.165, 1.54) is 0 Å². The first-order valence-corrected chi connectivity index (χ1v) is 7.72. The number of hydrogen-bond donors (Lipinski definition) is 2. The Morgan fingerprint density at radius 1 is 1.24 bits per heavy atom. The van der Waals surface area contributed by atoms with E-state index >= 15 is 0 Å². The fraction of sp³-hybridized carbons (Fsp3) is 0.529. The number of carboxylic acid groups (broad SMARTS) is 1. The number of aliphatic carboxylic acids is 1. The van der Waals surface area contributed by atoms with Crippen LogP contribution in [0.15, 0.2) is 24.3 Å². The highest BCUT2D eigenvalue weighted by Gasteiger charge is 2.53. The zero-order valence-corrected chi connectivity index (χ0v) is 12.2. The highest BCUT2D eigenvalue weighted by Crippen LogP contribution is 2.52. The topological polar surface area (TPSA) is 66.4 Å². The predicted molar refractivity (Wildman–Crippen MR) is 79.9 cm³/mol. The van der Waals surface area contributed by atoms with Crippen molar-refractivity contribution in [3.63, 3.8) is 0 Å². The first-order chi connectivity index (χ1) is 10.1. The Morgan fingerprint density at radius 2 is 1.95 bits per heavy atom. The minimum absolute atomic E-state index is 0.122. The number of aryl methyl sites for hydroxylation is 1. The van der Waals surface area contributed by atoms with Crippen LogP contribution in [0.4, 0.5) is 5.69 Å². The van der Waals surface area contributed by atoms with E-state index in [4.69, 9.17) is 0 Å². The molecule has 0 spiro atoms. The van der Waals surface area contributed by atoms with Gasteiger partial charge in [0.2, 0.25) is 5.91 Å². The molecule has 2 aliphatic rings. The second-order valence-electron chi connectivity index (χ2n) is 6.27. The summed E-state index contributed by atoms with van der Waals surface area (Å²) in [7, 11) is 0. The van der Waals surface area contributed by atoms with Gasteiger partial charge in [-0.2, -0.15) is 0 Å². The van der Waals surface area contributed by atoms with Gasteiger partial charge in [0.25, 0.3) is 0 Å². The number of benzene rings is 1. The zero-order chi connectivity index (χ0) is 15.0. The van der Waals surface area contributed by atoms with E-state index in [0.717, 1.165) is 36.9 Å². The van der Waals surface area contributed by atoms with Crippen molar-refractivity contribution in [1.82, 2.24) is 0 Å². The van der Waals surface area contributed by atoms with Crippen LogP contribution >= 0.6 is 0 Å². The van der Waals surface area contributed by atoms with Gasteiger partial charge < -0.3 is 10.4 Å². The monoisotopic (exact) mass is 287 g/mol. The molecule has 0 heterocycles. The summed E-state index contributed by atoms with van der Waals surface area (Å²) in [5.41, 5.74) is 1.93. The molecule has 3 rings (SSSR count). The van der Waals surface area contributed by atoms with Gasteiger partial charge in [0.15, 0.2) is 0 Å². The molecule has 0 unspecified atom stereocenters. The summed E-state index contributed by atoms with van der Waals surface area (Å²) in [5, 5.41) is 12.3. The minimum atomic E-state index is -0.815. The molecule has 1 aromatic rings. The van der Waals surface area contributed by atoms with Crippen molar-refractivity contribution in [2.75, 3.05) is 5.32 Å². The Balaban J connectivity index is 1.76. The molecule has 2 aliphatic carbocycles. The molecule has 2 fully saturated rings. The van der Waals surface area contributed by atoms with E-state index in [-0.39, 0.29) is 23.7 Å². The lowest BCUT2D eigenvalue weighted by molar-refractivity contribution is -0.148.